The molecule has 1 aromatic carbocycles. The van der Waals surface area contributed by atoms with E-state index in [1.165, 1.54) is 11.3 Å². The number of piperazine rings is 1. The van der Waals surface area contributed by atoms with Gasteiger partial charge in [-0.15, -0.1) is 11.3 Å². The number of anilines is 1. The summed E-state index contributed by atoms with van der Waals surface area (Å²) in [6.45, 7) is 7.38. The first-order valence-electron chi connectivity index (χ1n) is 10.4. The van der Waals surface area contributed by atoms with Gasteiger partial charge in [-0.3, -0.25) is 10.1 Å². The van der Waals surface area contributed by atoms with E-state index in [-0.39, 0.29) is 25.0 Å². The van der Waals surface area contributed by atoms with E-state index in [0.29, 0.717) is 37.0 Å². The van der Waals surface area contributed by atoms with E-state index < -0.39 is 11.7 Å². The number of rotatable bonds is 5. The van der Waals surface area contributed by atoms with Crippen molar-refractivity contribution in [3.8, 4) is 0 Å². The lowest BCUT2D eigenvalue weighted by atomic mass is 10.2. The smallest absolute Gasteiger partial charge is 0.413 e. The highest BCUT2D eigenvalue weighted by Gasteiger charge is 2.27. The second kappa shape index (κ2) is 10.4. The highest BCUT2D eigenvalue weighted by Crippen LogP contribution is 2.18. The number of ether oxygens (including phenoxy) is 2. The maximum atomic E-state index is 12.6. The molecule has 10 heteroatoms. The van der Waals surface area contributed by atoms with E-state index in [1.54, 1.807) is 15.2 Å². The third-order valence-corrected chi connectivity index (χ3v) is 5.40. The lowest BCUT2D eigenvalue weighted by Gasteiger charge is -2.35. The number of nitrogens with one attached hydrogen (secondary N) is 1. The Kier molecular flexibility index (Phi) is 7.68. The fourth-order valence-electron chi connectivity index (χ4n) is 3.02. The first-order chi connectivity index (χ1) is 15.2. The van der Waals surface area contributed by atoms with Gasteiger partial charge in [-0.1, -0.05) is 30.3 Å². The molecular weight excluding hydrogens is 432 g/mol. The van der Waals surface area contributed by atoms with Crippen molar-refractivity contribution < 1.29 is 23.9 Å². The number of hydrogen-bond donors (Lipinski definition) is 1. The zero-order valence-electron chi connectivity index (χ0n) is 18.5. The molecule has 172 valence electrons. The Morgan fingerprint density at radius 3 is 2.38 bits per heavy atom. The lowest BCUT2D eigenvalue weighted by Crippen LogP contribution is -2.52. The average Bonchev–Trinajstić information content (AvgIpc) is 3.18. The van der Waals surface area contributed by atoms with Crippen molar-refractivity contribution in [2.45, 2.75) is 39.4 Å². The van der Waals surface area contributed by atoms with Gasteiger partial charge < -0.3 is 19.3 Å². The van der Waals surface area contributed by atoms with Gasteiger partial charge in [-0.2, -0.15) is 0 Å². The van der Waals surface area contributed by atoms with Gasteiger partial charge in [0, 0.05) is 31.6 Å². The fourth-order valence-corrected chi connectivity index (χ4v) is 3.72. The Bertz CT molecular complexity index is 933. The van der Waals surface area contributed by atoms with Gasteiger partial charge in [-0.05, 0) is 26.3 Å². The van der Waals surface area contributed by atoms with Gasteiger partial charge in [-0.25, -0.2) is 14.6 Å². The Morgan fingerprint density at radius 2 is 1.72 bits per heavy atom. The molecule has 2 heterocycles. The van der Waals surface area contributed by atoms with Crippen molar-refractivity contribution >= 4 is 34.6 Å². The van der Waals surface area contributed by atoms with Crippen LogP contribution in [-0.4, -0.2) is 64.7 Å². The molecule has 0 radical (unpaired) electrons. The first kappa shape index (κ1) is 23.5. The minimum atomic E-state index is -0.598. The Balaban J connectivity index is 1.42. The van der Waals surface area contributed by atoms with E-state index in [2.05, 4.69) is 10.3 Å². The summed E-state index contributed by atoms with van der Waals surface area (Å²) in [4.78, 5) is 44.3. The zero-order chi connectivity index (χ0) is 23.1. The average molecular weight is 461 g/mol. The molecular formula is C22H28N4O5S. The first-order valence-corrected chi connectivity index (χ1v) is 11.3. The summed E-state index contributed by atoms with van der Waals surface area (Å²) in [5.41, 5.74) is 0.918. The minimum Gasteiger partial charge on any atom is -0.444 e. The predicted octanol–water partition coefficient (Wildman–Crippen LogP) is 3.51. The Hall–Kier alpha value is -3.14. The van der Waals surface area contributed by atoms with Gasteiger partial charge >= 0.3 is 12.2 Å². The summed E-state index contributed by atoms with van der Waals surface area (Å²) in [5.74, 6) is -0.0719. The summed E-state index contributed by atoms with van der Waals surface area (Å²) in [6, 6.07) is 9.38. The third kappa shape index (κ3) is 7.23. The van der Waals surface area contributed by atoms with Crippen molar-refractivity contribution in [1.29, 1.82) is 0 Å². The van der Waals surface area contributed by atoms with Gasteiger partial charge in [0.15, 0.2) is 5.13 Å². The van der Waals surface area contributed by atoms with E-state index in [9.17, 15) is 14.4 Å². The maximum Gasteiger partial charge on any atom is 0.413 e. The number of aromatic nitrogens is 1. The zero-order valence-corrected chi connectivity index (χ0v) is 19.3. The van der Waals surface area contributed by atoms with Gasteiger partial charge in [0.25, 0.3) is 0 Å². The summed E-state index contributed by atoms with van der Waals surface area (Å²) in [5, 5.41) is 4.70. The molecule has 1 aromatic heterocycles. The predicted molar refractivity (Wildman–Crippen MR) is 120 cm³/mol. The molecule has 9 nitrogen and oxygen atoms in total. The van der Waals surface area contributed by atoms with Crippen molar-refractivity contribution in [1.82, 2.24) is 14.8 Å². The number of thiazole rings is 1. The third-order valence-electron chi connectivity index (χ3n) is 4.59. The largest absolute Gasteiger partial charge is 0.444 e. The molecule has 1 saturated heterocycles. The molecule has 0 saturated carbocycles. The Morgan fingerprint density at radius 1 is 1.06 bits per heavy atom. The molecule has 32 heavy (non-hydrogen) atoms. The fraction of sp³-hybridized carbons (Fsp3) is 0.455. The number of nitrogens with zero attached hydrogens (tertiary/aromatic N) is 3. The second-order valence-corrected chi connectivity index (χ2v) is 9.21. The molecule has 0 unspecified atom stereocenters. The molecule has 0 spiro atoms. The number of amides is 3. The molecule has 1 aliphatic heterocycles. The minimum absolute atomic E-state index is 0.0719. The number of benzene rings is 1. The maximum absolute atomic E-state index is 12.6. The molecule has 3 amide bonds. The van der Waals surface area contributed by atoms with Crippen LogP contribution >= 0.6 is 11.3 Å². The molecule has 0 aliphatic carbocycles. The van der Waals surface area contributed by atoms with Gasteiger partial charge in [0.05, 0.1) is 12.1 Å². The van der Waals surface area contributed by atoms with Crippen LogP contribution in [0.4, 0.5) is 14.7 Å². The van der Waals surface area contributed by atoms with Gasteiger partial charge in [0.2, 0.25) is 5.91 Å². The van der Waals surface area contributed by atoms with E-state index in [0.717, 1.165) is 5.56 Å². The van der Waals surface area contributed by atoms with Crippen LogP contribution in [0.1, 0.15) is 32.0 Å². The number of carbonyl (C=O) groups excluding carboxylic acids is 3. The molecule has 0 atom stereocenters. The normalized spacial score (nSPS) is 14.1. The summed E-state index contributed by atoms with van der Waals surface area (Å²) < 4.78 is 10.6. The van der Waals surface area contributed by atoms with Crippen LogP contribution in [0.15, 0.2) is 35.7 Å². The summed E-state index contributed by atoms with van der Waals surface area (Å²) >= 11 is 1.23. The van der Waals surface area contributed by atoms with Crippen molar-refractivity contribution in [3.63, 3.8) is 0 Å². The molecule has 3 rings (SSSR count). The highest BCUT2D eigenvalue weighted by atomic mass is 32.1. The standard InChI is InChI=1S/C22H28N4O5S/c1-22(2,3)31-21(29)26-11-9-25(10-12-26)18(27)13-17-15-32-19(23-17)24-20(28)30-14-16-7-5-4-6-8-16/h4-8,15H,9-14H2,1-3H3,(H,23,24,28). The summed E-state index contributed by atoms with van der Waals surface area (Å²) in [7, 11) is 0. The molecule has 2 aromatic rings. The van der Waals surface area contributed by atoms with Crippen LogP contribution in [0.2, 0.25) is 0 Å². The van der Waals surface area contributed by atoms with Crippen LogP contribution in [0.5, 0.6) is 0 Å². The van der Waals surface area contributed by atoms with Crippen molar-refractivity contribution in [3.05, 3.63) is 47.0 Å². The number of carbonyl (C=O) groups is 3. The highest BCUT2D eigenvalue weighted by molar-refractivity contribution is 7.13. The van der Waals surface area contributed by atoms with E-state index in [1.807, 2.05) is 51.1 Å². The van der Waals surface area contributed by atoms with Crippen LogP contribution in [0.25, 0.3) is 0 Å². The van der Waals surface area contributed by atoms with Crippen LogP contribution in [0, 0.1) is 0 Å². The molecule has 0 bridgehead atoms. The quantitative estimate of drug-likeness (QED) is 0.733. The molecule has 1 aliphatic rings. The monoisotopic (exact) mass is 460 g/mol. The SMILES string of the molecule is CC(C)(C)OC(=O)N1CCN(C(=O)Cc2csc(NC(=O)OCc3ccccc3)n2)CC1. The molecule has 1 fully saturated rings. The van der Waals surface area contributed by atoms with E-state index >= 15 is 0 Å². The molecule has 1 N–H and O–H groups in total. The lowest BCUT2D eigenvalue weighted by molar-refractivity contribution is -0.132. The Labute approximate surface area is 191 Å². The van der Waals surface area contributed by atoms with Crippen LogP contribution in [0.3, 0.4) is 0 Å². The van der Waals surface area contributed by atoms with E-state index in [4.69, 9.17) is 9.47 Å². The summed E-state index contributed by atoms with van der Waals surface area (Å²) in [6.07, 6.45) is -0.831. The topological polar surface area (TPSA) is 101 Å². The number of hydrogen-bond acceptors (Lipinski definition) is 7. The van der Waals surface area contributed by atoms with Crippen molar-refractivity contribution in [2.75, 3.05) is 31.5 Å². The van der Waals surface area contributed by atoms with Crippen molar-refractivity contribution in [2.24, 2.45) is 0 Å². The van der Waals surface area contributed by atoms with Crippen LogP contribution < -0.4 is 5.32 Å². The van der Waals surface area contributed by atoms with Crippen LogP contribution in [-0.2, 0) is 27.3 Å². The van der Waals surface area contributed by atoms with Gasteiger partial charge in [0.1, 0.15) is 12.2 Å². The second-order valence-electron chi connectivity index (χ2n) is 8.36.